The van der Waals surface area contributed by atoms with Crippen molar-refractivity contribution in [3.63, 3.8) is 0 Å². The van der Waals surface area contributed by atoms with Crippen molar-refractivity contribution in [2.24, 2.45) is 0 Å². The van der Waals surface area contributed by atoms with Gasteiger partial charge in [0.2, 0.25) is 0 Å². The van der Waals surface area contributed by atoms with E-state index in [1.165, 1.54) is 52.5 Å². The molecule has 7 aromatic carbocycles. The molecule has 0 N–H and O–H groups in total. The molecule has 0 aliphatic rings. The lowest BCUT2D eigenvalue weighted by atomic mass is 9.91. The molecule has 200 valence electrons. The van der Waals surface area contributed by atoms with E-state index in [1.807, 2.05) is 23.5 Å². The van der Waals surface area contributed by atoms with Crippen LogP contribution in [-0.4, -0.2) is 9.97 Å². The molecule has 0 fully saturated rings. The minimum Gasteiger partial charge on any atom is -0.228 e. The van der Waals surface area contributed by atoms with E-state index in [0.717, 1.165) is 33.9 Å². The van der Waals surface area contributed by atoms with E-state index < -0.39 is 0 Å². The van der Waals surface area contributed by atoms with Gasteiger partial charge in [-0.2, -0.15) is 0 Å². The summed E-state index contributed by atoms with van der Waals surface area (Å²) in [5, 5.41) is 10.3. The molecule has 0 spiro atoms. The highest BCUT2D eigenvalue weighted by Crippen LogP contribution is 2.45. The second-order valence-electron chi connectivity index (χ2n) is 11.0. The Morgan fingerprint density at radius 3 is 1.60 bits per heavy atom. The maximum atomic E-state index is 5.12. The normalized spacial score (nSPS) is 11.7. The zero-order valence-corrected chi connectivity index (χ0v) is 24.0. The highest BCUT2D eigenvalue weighted by molar-refractivity contribution is 7.26. The summed E-state index contributed by atoms with van der Waals surface area (Å²) < 4.78 is 2.64. The molecule has 0 radical (unpaired) electrons. The molecule has 0 saturated heterocycles. The molecule has 3 heteroatoms. The molecule has 0 aliphatic heterocycles. The van der Waals surface area contributed by atoms with Gasteiger partial charge in [-0.15, -0.1) is 11.3 Å². The van der Waals surface area contributed by atoms with Crippen LogP contribution < -0.4 is 0 Å². The monoisotopic (exact) mass is 564 g/mol. The van der Waals surface area contributed by atoms with Crippen LogP contribution in [0.3, 0.4) is 0 Å². The quantitative estimate of drug-likeness (QED) is 0.199. The van der Waals surface area contributed by atoms with Crippen molar-refractivity contribution in [3.05, 3.63) is 146 Å². The van der Waals surface area contributed by atoms with Crippen molar-refractivity contribution in [1.29, 1.82) is 0 Å². The Balaban J connectivity index is 1.36. The van der Waals surface area contributed by atoms with Crippen LogP contribution in [0.2, 0.25) is 0 Å². The molecule has 9 aromatic rings. The van der Waals surface area contributed by atoms with Gasteiger partial charge in [0.05, 0.1) is 11.4 Å². The molecular weight excluding hydrogens is 541 g/mol. The molecule has 2 heterocycles. The van der Waals surface area contributed by atoms with Crippen LogP contribution in [0.1, 0.15) is 0 Å². The Morgan fingerprint density at radius 2 is 0.907 bits per heavy atom. The number of hydrogen-bond donors (Lipinski definition) is 0. The van der Waals surface area contributed by atoms with E-state index in [2.05, 4.69) is 133 Å². The molecule has 2 nitrogen and oxygen atoms in total. The molecule has 0 saturated carbocycles. The number of thiophene rings is 1. The largest absolute Gasteiger partial charge is 0.228 e. The predicted octanol–water partition coefficient (Wildman–Crippen LogP) is 11.3. The van der Waals surface area contributed by atoms with E-state index in [0.29, 0.717) is 0 Å². The SMILES string of the molecule is c1ccc(-c2cc(-c3ccccc3)nc(-c3ccc4c(c3)c3ccccc3c3ccc5sc6ccccc6c5c34)n2)cc1. The van der Waals surface area contributed by atoms with Crippen LogP contribution in [-0.2, 0) is 0 Å². The number of hydrogen-bond acceptors (Lipinski definition) is 3. The van der Waals surface area contributed by atoms with Crippen molar-refractivity contribution in [3.8, 4) is 33.9 Å². The highest BCUT2D eigenvalue weighted by atomic mass is 32.1. The van der Waals surface area contributed by atoms with Crippen LogP contribution in [0.15, 0.2) is 146 Å². The fourth-order valence-corrected chi connectivity index (χ4v) is 7.60. The summed E-state index contributed by atoms with van der Waals surface area (Å²) in [5.74, 6) is 0.727. The lowest BCUT2D eigenvalue weighted by Gasteiger charge is -2.14. The maximum absolute atomic E-state index is 5.12. The Labute approximate surface area is 252 Å². The summed E-state index contributed by atoms with van der Waals surface area (Å²) in [6, 6.07) is 51.8. The molecular formula is C40H24N2S. The first-order valence-electron chi connectivity index (χ1n) is 14.5. The first kappa shape index (κ1) is 24.2. The third-order valence-corrected chi connectivity index (χ3v) is 9.60. The summed E-state index contributed by atoms with van der Waals surface area (Å²) in [6.45, 7) is 0. The number of nitrogens with zero attached hydrogens (tertiary/aromatic N) is 2. The third-order valence-electron chi connectivity index (χ3n) is 8.46. The third kappa shape index (κ3) is 3.86. The maximum Gasteiger partial charge on any atom is 0.160 e. The van der Waals surface area contributed by atoms with Crippen molar-refractivity contribution >= 4 is 63.8 Å². The zero-order valence-electron chi connectivity index (χ0n) is 23.2. The number of fused-ring (bicyclic) bond motifs is 10. The highest BCUT2D eigenvalue weighted by Gasteiger charge is 2.17. The fourth-order valence-electron chi connectivity index (χ4n) is 6.49. The predicted molar refractivity (Wildman–Crippen MR) is 184 cm³/mol. The van der Waals surface area contributed by atoms with Gasteiger partial charge < -0.3 is 0 Å². The smallest absolute Gasteiger partial charge is 0.160 e. The minimum absolute atomic E-state index is 0.727. The molecule has 0 aliphatic carbocycles. The average Bonchev–Trinajstić information content (AvgIpc) is 3.47. The van der Waals surface area contributed by atoms with Crippen LogP contribution in [0.4, 0.5) is 0 Å². The van der Waals surface area contributed by atoms with Crippen molar-refractivity contribution in [1.82, 2.24) is 9.97 Å². The summed E-state index contributed by atoms with van der Waals surface area (Å²) in [5.41, 5.74) is 4.99. The molecule has 2 aromatic heterocycles. The van der Waals surface area contributed by atoms with E-state index in [9.17, 15) is 0 Å². The molecule has 0 atom stereocenters. The van der Waals surface area contributed by atoms with Gasteiger partial charge in [-0.05, 0) is 56.6 Å². The van der Waals surface area contributed by atoms with Gasteiger partial charge >= 0.3 is 0 Å². The average molecular weight is 565 g/mol. The van der Waals surface area contributed by atoms with E-state index in [1.54, 1.807) is 0 Å². The zero-order chi connectivity index (χ0) is 28.3. The van der Waals surface area contributed by atoms with E-state index >= 15 is 0 Å². The molecule has 0 bridgehead atoms. The van der Waals surface area contributed by atoms with Crippen LogP contribution in [0, 0.1) is 0 Å². The van der Waals surface area contributed by atoms with E-state index in [-0.39, 0.29) is 0 Å². The van der Waals surface area contributed by atoms with Crippen molar-refractivity contribution in [2.45, 2.75) is 0 Å². The lowest BCUT2D eigenvalue weighted by Crippen LogP contribution is -1.96. The summed E-state index contributed by atoms with van der Waals surface area (Å²) >= 11 is 1.87. The lowest BCUT2D eigenvalue weighted by molar-refractivity contribution is 1.18. The second-order valence-corrected chi connectivity index (χ2v) is 12.0. The number of rotatable bonds is 3. The number of benzene rings is 7. The van der Waals surface area contributed by atoms with Crippen LogP contribution in [0.25, 0.3) is 86.4 Å². The topological polar surface area (TPSA) is 25.8 Å². The van der Waals surface area contributed by atoms with Crippen LogP contribution >= 0.6 is 11.3 Å². The standard InChI is InChI=1S/C40H24N2S/c1-3-11-25(12-4-1)34-24-35(26-13-5-2-6-14-26)42-40(41-34)27-19-20-31-33(23-27)29-16-8-7-15-28(29)30-21-22-37-39(38(30)31)32-17-9-10-18-36(32)43-37/h1-24H. The second kappa shape index (κ2) is 9.59. The van der Waals surface area contributed by atoms with Gasteiger partial charge in [0.25, 0.3) is 0 Å². The van der Waals surface area contributed by atoms with Crippen molar-refractivity contribution < 1.29 is 0 Å². The summed E-state index contributed by atoms with van der Waals surface area (Å²) in [4.78, 5) is 10.2. The van der Waals surface area contributed by atoms with Gasteiger partial charge in [0.15, 0.2) is 5.82 Å². The van der Waals surface area contributed by atoms with Gasteiger partial charge in [-0.25, -0.2) is 9.97 Å². The summed E-state index contributed by atoms with van der Waals surface area (Å²) in [6.07, 6.45) is 0. The fraction of sp³-hybridized carbons (Fsp3) is 0. The number of aromatic nitrogens is 2. The first-order valence-corrected chi connectivity index (χ1v) is 15.3. The summed E-state index contributed by atoms with van der Waals surface area (Å²) in [7, 11) is 0. The van der Waals surface area contributed by atoms with Gasteiger partial charge in [0.1, 0.15) is 0 Å². The first-order chi connectivity index (χ1) is 21.3. The Hall–Kier alpha value is -5.38. The van der Waals surface area contributed by atoms with Gasteiger partial charge in [0, 0.05) is 36.9 Å². The molecule has 0 unspecified atom stereocenters. The Morgan fingerprint density at radius 1 is 0.349 bits per heavy atom. The van der Waals surface area contributed by atoms with Gasteiger partial charge in [-0.1, -0.05) is 121 Å². The van der Waals surface area contributed by atoms with E-state index in [4.69, 9.17) is 9.97 Å². The van der Waals surface area contributed by atoms with Crippen LogP contribution in [0.5, 0.6) is 0 Å². The minimum atomic E-state index is 0.727. The molecule has 9 rings (SSSR count). The molecule has 0 amide bonds. The van der Waals surface area contributed by atoms with Gasteiger partial charge in [-0.3, -0.25) is 0 Å². The molecule has 43 heavy (non-hydrogen) atoms. The Kier molecular flexibility index (Phi) is 5.40. The van der Waals surface area contributed by atoms with Crippen molar-refractivity contribution in [2.75, 3.05) is 0 Å². The Bertz CT molecular complexity index is 2440.